The number of benzene rings is 1. The first kappa shape index (κ1) is 19.6. The summed E-state index contributed by atoms with van der Waals surface area (Å²) in [5.74, 6) is 2.17. The van der Waals surface area contributed by atoms with Crippen molar-refractivity contribution in [2.45, 2.75) is 32.4 Å². The molecule has 1 fully saturated rings. The minimum Gasteiger partial charge on any atom is -0.493 e. The fraction of sp³-hybridized carbons (Fsp3) is 0.625. The van der Waals surface area contributed by atoms with Crippen molar-refractivity contribution in [2.75, 3.05) is 27.3 Å². The van der Waals surface area contributed by atoms with E-state index in [0.29, 0.717) is 18.5 Å². The van der Waals surface area contributed by atoms with Crippen molar-refractivity contribution >= 4 is 28.3 Å². The molecule has 1 aliphatic rings. The Labute approximate surface area is 147 Å². The fourth-order valence-corrected chi connectivity index (χ4v) is 3.60. The van der Waals surface area contributed by atoms with E-state index >= 15 is 0 Å². The highest BCUT2D eigenvalue weighted by Gasteiger charge is 2.27. The van der Waals surface area contributed by atoms with Gasteiger partial charge < -0.3 is 15.2 Å². The van der Waals surface area contributed by atoms with Crippen LogP contribution in [-0.4, -0.2) is 38.3 Å². The van der Waals surface area contributed by atoms with E-state index in [9.17, 15) is 0 Å². The predicted molar refractivity (Wildman–Crippen MR) is 96.1 cm³/mol. The molecule has 22 heavy (non-hydrogen) atoms. The molecule has 2 rings (SSSR count). The van der Waals surface area contributed by atoms with Crippen LogP contribution in [0.2, 0.25) is 0 Å². The quantitative estimate of drug-likeness (QED) is 0.832. The average molecular weight is 394 g/mol. The summed E-state index contributed by atoms with van der Waals surface area (Å²) in [5, 5.41) is 0. The first-order valence-corrected chi connectivity index (χ1v) is 8.24. The van der Waals surface area contributed by atoms with E-state index in [0.717, 1.165) is 29.1 Å². The van der Waals surface area contributed by atoms with Crippen LogP contribution in [0.1, 0.15) is 25.3 Å². The number of hydrogen-bond acceptors (Lipinski definition) is 4. The first-order chi connectivity index (χ1) is 10.1. The van der Waals surface area contributed by atoms with Gasteiger partial charge in [0.2, 0.25) is 0 Å². The monoisotopic (exact) mass is 392 g/mol. The Morgan fingerprint density at radius 1 is 1.27 bits per heavy atom. The highest BCUT2D eigenvalue weighted by Crippen LogP contribution is 2.35. The number of likely N-dealkylation sites (tertiary alicyclic amines) is 1. The van der Waals surface area contributed by atoms with Crippen LogP contribution in [-0.2, 0) is 6.54 Å². The summed E-state index contributed by atoms with van der Waals surface area (Å²) in [6.45, 7) is 5.00. The smallest absolute Gasteiger partial charge is 0.161 e. The van der Waals surface area contributed by atoms with Crippen LogP contribution in [0.15, 0.2) is 16.6 Å². The van der Waals surface area contributed by atoms with Crippen LogP contribution in [0.3, 0.4) is 0 Å². The van der Waals surface area contributed by atoms with Crippen LogP contribution in [0.5, 0.6) is 11.5 Å². The Balaban J connectivity index is 0.00000242. The van der Waals surface area contributed by atoms with Gasteiger partial charge in [-0.1, -0.05) is 22.9 Å². The highest BCUT2D eigenvalue weighted by molar-refractivity contribution is 9.10. The van der Waals surface area contributed by atoms with Gasteiger partial charge in [0, 0.05) is 23.6 Å². The molecule has 126 valence electrons. The maximum atomic E-state index is 5.98. The normalized spacial score (nSPS) is 22.0. The molecule has 1 heterocycles. The van der Waals surface area contributed by atoms with Crippen molar-refractivity contribution in [1.29, 1.82) is 0 Å². The molecule has 0 bridgehead atoms. The standard InChI is InChI=1S/C16H25BrN2O2.ClH/c1-11-5-4-6-19(14(11)9-18)10-12-7-15(20-2)16(21-3)8-13(12)17;/h7-8,11,14H,4-6,9-10,18H2,1-3H3;1H. The zero-order chi connectivity index (χ0) is 15.4. The lowest BCUT2D eigenvalue weighted by Gasteiger charge is -2.39. The lowest BCUT2D eigenvalue weighted by Crippen LogP contribution is -2.48. The SMILES string of the molecule is COc1cc(Br)c(CN2CCCC(C)C2CN)cc1OC.Cl. The Morgan fingerprint density at radius 2 is 1.91 bits per heavy atom. The summed E-state index contributed by atoms with van der Waals surface area (Å²) in [6.07, 6.45) is 2.51. The van der Waals surface area contributed by atoms with Gasteiger partial charge in [-0.2, -0.15) is 0 Å². The first-order valence-electron chi connectivity index (χ1n) is 7.45. The molecule has 0 saturated carbocycles. The fourth-order valence-electron chi connectivity index (χ4n) is 3.15. The van der Waals surface area contributed by atoms with Crippen LogP contribution in [0.25, 0.3) is 0 Å². The molecule has 1 saturated heterocycles. The Morgan fingerprint density at radius 3 is 2.50 bits per heavy atom. The molecular weight excluding hydrogens is 368 g/mol. The molecule has 6 heteroatoms. The van der Waals surface area contributed by atoms with Gasteiger partial charge in [-0.25, -0.2) is 0 Å². The van der Waals surface area contributed by atoms with Gasteiger partial charge in [-0.05, 0) is 43.0 Å². The predicted octanol–water partition coefficient (Wildman–Crippen LogP) is 3.45. The Bertz CT molecular complexity index is 487. The number of nitrogens with two attached hydrogens (primary N) is 1. The minimum atomic E-state index is 0. The van der Waals surface area contributed by atoms with Gasteiger partial charge in [0.1, 0.15) is 0 Å². The van der Waals surface area contributed by atoms with Crippen LogP contribution < -0.4 is 15.2 Å². The number of rotatable bonds is 5. The molecular formula is C16H26BrClN2O2. The van der Waals surface area contributed by atoms with E-state index in [1.165, 1.54) is 18.4 Å². The van der Waals surface area contributed by atoms with Crippen molar-refractivity contribution in [2.24, 2.45) is 11.7 Å². The van der Waals surface area contributed by atoms with Crippen molar-refractivity contribution in [3.63, 3.8) is 0 Å². The molecule has 0 aromatic heterocycles. The van der Waals surface area contributed by atoms with Gasteiger partial charge >= 0.3 is 0 Å². The van der Waals surface area contributed by atoms with Crippen molar-refractivity contribution in [1.82, 2.24) is 4.90 Å². The third-order valence-corrected chi connectivity index (χ3v) is 5.14. The molecule has 0 radical (unpaired) electrons. The summed E-state index contributed by atoms with van der Waals surface area (Å²) in [6, 6.07) is 4.48. The van der Waals surface area contributed by atoms with Gasteiger partial charge in [-0.15, -0.1) is 12.4 Å². The second-order valence-electron chi connectivity index (χ2n) is 5.69. The number of methoxy groups -OCH3 is 2. The second-order valence-corrected chi connectivity index (χ2v) is 6.55. The summed E-state index contributed by atoms with van der Waals surface area (Å²) >= 11 is 3.64. The van der Waals surface area contributed by atoms with Crippen molar-refractivity contribution in [3.05, 3.63) is 22.2 Å². The van der Waals surface area contributed by atoms with Crippen LogP contribution in [0.4, 0.5) is 0 Å². The maximum absolute atomic E-state index is 5.98. The molecule has 1 aromatic rings. The Hall–Kier alpha value is -0.490. The molecule has 2 atom stereocenters. The third kappa shape index (κ3) is 4.28. The number of ether oxygens (including phenoxy) is 2. The van der Waals surface area contributed by atoms with E-state index in [1.807, 2.05) is 6.07 Å². The number of halogens is 2. The molecule has 0 amide bonds. The molecule has 0 spiro atoms. The van der Waals surface area contributed by atoms with Gasteiger partial charge in [-0.3, -0.25) is 4.90 Å². The van der Waals surface area contributed by atoms with Crippen molar-refractivity contribution < 1.29 is 9.47 Å². The Kier molecular flexibility index (Phi) is 7.97. The van der Waals surface area contributed by atoms with E-state index in [1.54, 1.807) is 14.2 Å². The summed E-state index contributed by atoms with van der Waals surface area (Å²) in [5.41, 5.74) is 7.19. The number of piperidine rings is 1. The highest BCUT2D eigenvalue weighted by atomic mass is 79.9. The topological polar surface area (TPSA) is 47.7 Å². The largest absolute Gasteiger partial charge is 0.493 e. The molecule has 0 aliphatic carbocycles. The zero-order valence-electron chi connectivity index (χ0n) is 13.5. The number of nitrogens with zero attached hydrogens (tertiary/aromatic N) is 1. The van der Waals surface area contributed by atoms with Gasteiger partial charge in [0.15, 0.2) is 11.5 Å². The van der Waals surface area contributed by atoms with E-state index in [2.05, 4.69) is 33.8 Å². The van der Waals surface area contributed by atoms with Gasteiger partial charge in [0.05, 0.1) is 14.2 Å². The van der Waals surface area contributed by atoms with Crippen molar-refractivity contribution in [3.8, 4) is 11.5 Å². The minimum absolute atomic E-state index is 0. The third-order valence-electron chi connectivity index (χ3n) is 4.40. The molecule has 1 aliphatic heterocycles. The van der Waals surface area contributed by atoms with Crippen LogP contribution in [0, 0.1) is 5.92 Å². The molecule has 1 aromatic carbocycles. The van der Waals surface area contributed by atoms with E-state index in [4.69, 9.17) is 15.2 Å². The maximum Gasteiger partial charge on any atom is 0.161 e. The lowest BCUT2D eigenvalue weighted by atomic mass is 9.90. The van der Waals surface area contributed by atoms with Gasteiger partial charge in [0.25, 0.3) is 0 Å². The van der Waals surface area contributed by atoms with E-state index in [-0.39, 0.29) is 12.4 Å². The molecule has 2 unspecified atom stereocenters. The van der Waals surface area contributed by atoms with E-state index < -0.39 is 0 Å². The molecule has 4 nitrogen and oxygen atoms in total. The summed E-state index contributed by atoms with van der Waals surface area (Å²) in [4.78, 5) is 2.49. The summed E-state index contributed by atoms with van der Waals surface area (Å²) < 4.78 is 11.8. The molecule has 2 N–H and O–H groups in total. The summed E-state index contributed by atoms with van der Waals surface area (Å²) in [7, 11) is 3.32. The number of hydrogen-bond donors (Lipinski definition) is 1. The zero-order valence-corrected chi connectivity index (χ0v) is 15.9. The second kappa shape index (κ2) is 8.96. The average Bonchev–Trinajstić information content (AvgIpc) is 2.49. The van der Waals surface area contributed by atoms with Crippen LogP contribution >= 0.6 is 28.3 Å². The lowest BCUT2D eigenvalue weighted by molar-refractivity contribution is 0.0988.